The maximum absolute atomic E-state index is 11.5. The molecule has 1 aliphatic rings. The van der Waals surface area contributed by atoms with Crippen LogP contribution in [0.25, 0.3) is 0 Å². The highest BCUT2D eigenvalue weighted by molar-refractivity contribution is 5.69. The number of unbranched alkanes of at least 4 members (excludes halogenated alkanes) is 1. The Morgan fingerprint density at radius 1 is 1.16 bits per heavy atom. The van der Waals surface area contributed by atoms with E-state index in [1.807, 2.05) is 62.4 Å². The molecule has 0 amide bonds. The van der Waals surface area contributed by atoms with Gasteiger partial charge in [0.25, 0.3) is 0 Å². The van der Waals surface area contributed by atoms with Crippen LogP contribution in [0.3, 0.4) is 0 Å². The van der Waals surface area contributed by atoms with Gasteiger partial charge in [0.15, 0.2) is 0 Å². The summed E-state index contributed by atoms with van der Waals surface area (Å²) in [6.45, 7) is 3.68. The largest absolute Gasteiger partial charge is 0.463 e. The summed E-state index contributed by atoms with van der Waals surface area (Å²) in [6.07, 6.45) is 10.2. The number of rotatable bonds is 12. The second-order valence-electron chi connectivity index (χ2n) is 8.73. The number of aryl methyl sites for hydroxylation is 1. The van der Waals surface area contributed by atoms with Crippen molar-refractivity contribution in [3.05, 3.63) is 60.2 Å². The lowest BCUT2D eigenvalue weighted by Gasteiger charge is -2.19. The van der Waals surface area contributed by atoms with Crippen molar-refractivity contribution in [2.45, 2.75) is 83.2 Å². The molecule has 5 heteroatoms. The van der Waals surface area contributed by atoms with E-state index in [9.17, 15) is 20.1 Å². The molecular formula is C26H38O5. The summed E-state index contributed by atoms with van der Waals surface area (Å²) >= 11 is 0. The maximum Gasteiger partial charge on any atom is 0.306 e. The van der Waals surface area contributed by atoms with Crippen LogP contribution >= 0.6 is 0 Å². The molecule has 1 saturated carbocycles. The Labute approximate surface area is 186 Å². The van der Waals surface area contributed by atoms with Gasteiger partial charge < -0.3 is 20.1 Å². The number of hydrogen-bond acceptors (Lipinski definition) is 5. The molecule has 0 spiro atoms. The fourth-order valence-corrected chi connectivity index (χ4v) is 4.08. The van der Waals surface area contributed by atoms with Gasteiger partial charge in [-0.15, -0.1) is 0 Å². The fourth-order valence-electron chi connectivity index (χ4n) is 4.08. The summed E-state index contributed by atoms with van der Waals surface area (Å²) < 4.78 is 5.11. The standard InChI is InChI=1S/C26H38O5/c1-19(2)31-26(30)13-9-4-3-8-12-22-23(25(29)18-24(22)28)17-16-21(27)15-14-20-10-6-5-7-11-20/h3,5-8,10-11,16-17,19,21-25,27-29H,4,9,12-15,18H2,1-2H3/b8-3-,17-16?/t21-,22+,23+,24-,25+/m0/s1. The van der Waals surface area contributed by atoms with E-state index in [1.54, 1.807) is 6.08 Å². The first-order valence-corrected chi connectivity index (χ1v) is 11.5. The topological polar surface area (TPSA) is 87.0 Å². The number of ether oxygens (including phenoxy) is 1. The highest BCUT2D eigenvalue weighted by Crippen LogP contribution is 2.36. The first-order valence-electron chi connectivity index (χ1n) is 11.5. The van der Waals surface area contributed by atoms with Crippen LogP contribution in [0.15, 0.2) is 54.6 Å². The Morgan fingerprint density at radius 3 is 2.61 bits per heavy atom. The van der Waals surface area contributed by atoms with Gasteiger partial charge in [-0.2, -0.15) is 0 Å². The van der Waals surface area contributed by atoms with Crippen LogP contribution in [0.2, 0.25) is 0 Å². The van der Waals surface area contributed by atoms with Crippen molar-refractivity contribution in [1.29, 1.82) is 0 Å². The van der Waals surface area contributed by atoms with Crippen molar-refractivity contribution in [2.75, 3.05) is 0 Å². The molecule has 0 saturated heterocycles. The monoisotopic (exact) mass is 430 g/mol. The van der Waals surface area contributed by atoms with E-state index in [2.05, 4.69) is 0 Å². The first-order chi connectivity index (χ1) is 14.9. The third-order valence-electron chi connectivity index (χ3n) is 5.74. The molecule has 0 heterocycles. The Balaban J connectivity index is 1.77. The molecular weight excluding hydrogens is 392 g/mol. The molecule has 5 nitrogen and oxygen atoms in total. The minimum atomic E-state index is -0.600. The Hall–Kier alpha value is -1.95. The lowest BCUT2D eigenvalue weighted by Crippen LogP contribution is -2.20. The first kappa shape index (κ1) is 25.3. The lowest BCUT2D eigenvalue weighted by atomic mass is 9.89. The molecule has 31 heavy (non-hydrogen) atoms. The predicted octanol–water partition coefficient (Wildman–Crippen LogP) is 3.96. The Morgan fingerprint density at radius 2 is 1.90 bits per heavy atom. The normalized spacial score (nSPS) is 25.0. The third kappa shape index (κ3) is 9.38. The Kier molecular flexibility index (Phi) is 11.0. The second kappa shape index (κ2) is 13.5. The number of carbonyl (C=O) groups excluding carboxylic acids is 1. The average molecular weight is 431 g/mol. The van der Waals surface area contributed by atoms with Gasteiger partial charge in [-0.1, -0.05) is 54.6 Å². The highest BCUT2D eigenvalue weighted by Gasteiger charge is 2.39. The van der Waals surface area contributed by atoms with Crippen LogP contribution in [0, 0.1) is 11.8 Å². The van der Waals surface area contributed by atoms with E-state index in [0.29, 0.717) is 25.7 Å². The quantitative estimate of drug-likeness (QED) is 0.265. The number of benzene rings is 1. The van der Waals surface area contributed by atoms with Gasteiger partial charge >= 0.3 is 5.97 Å². The third-order valence-corrected chi connectivity index (χ3v) is 5.74. The number of hydrogen-bond donors (Lipinski definition) is 3. The van der Waals surface area contributed by atoms with Gasteiger partial charge in [0.1, 0.15) is 0 Å². The average Bonchev–Trinajstić information content (AvgIpc) is 3.00. The summed E-state index contributed by atoms with van der Waals surface area (Å²) in [6, 6.07) is 10.0. The molecule has 1 aromatic rings. The van der Waals surface area contributed by atoms with Crippen LogP contribution < -0.4 is 0 Å². The summed E-state index contributed by atoms with van der Waals surface area (Å²) in [4.78, 5) is 11.5. The van der Waals surface area contributed by atoms with E-state index < -0.39 is 18.3 Å². The van der Waals surface area contributed by atoms with Crippen LogP contribution in [0.1, 0.15) is 57.9 Å². The van der Waals surface area contributed by atoms with Crippen LogP contribution in [-0.4, -0.2) is 45.7 Å². The zero-order chi connectivity index (χ0) is 22.6. The molecule has 0 aromatic heterocycles. The minimum Gasteiger partial charge on any atom is -0.463 e. The summed E-state index contributed by atoms with van der Waals surface area (Å²) in [5.74, 6) is -0.421. The molecule has 5 atom stereocenters. The number of allylic oxidation sites excluding steroid dienone is 2. The second-order valence-corrected chi connectivity index (χ2v) is 8.73. The maximum atomic E-state index is 11.5. The van der Waals surface area contributed by atoms with Crippen LogP contribution in [0.5, 0.6) is 0 Å². The summed E-state index contributed by atoms with van der Waals surface area (Å²) in [5, 5.41) is 31.0. The molecule has 1 fully saturated rings. The molecule has 0 bridgehead atoms. The molecule has 0 aliphatic heterocycles. The van der Waals surface area contributed by atoms with Gasteiger partial charge in [-0.3, -0.25) is 4.79 Å². The highest BCUT2D eigenvalue weighted by atomic mass is 16.5. The fraction of sp³-hybridized carbons (Fsp3) is 0.577. The van der Waals surface area contributed by atoms with Crippen molar-refractivity contribution in [2.24, 2.45) is 11.8 Å². The zero-order valence-electron chi connectivity index (χ0n) is 18.8. The summed E-state index contributed by atoms with van der Waals surface area (Å²) in [5.41, 5.74) is 1.19. The van der Waals surface area contributed by atoms with Gasteiger partial charge in [0.2, 0.25) is 0 Å². The molecule has 3 N–H and O–H groups in total. The van der Waals surface area contributed by atoms with Crippen molar-refractivity contribution in [3.8, 4) is 0 Å². The van der Waals surface area contributed by atoms with Gasteiger partial charge in [0, 0.05) is 18.8 Å². The molecule has 172 valence electrons. The van der Waals surface area contributed by atoms with Gasteiger partial charge in [-0.05, 0) is 57.4 Å². The van der Waals surface area contributed by atoms with Gasteiger partial charge in [0.05, 0.1) is 24.4 Å². The molecule has 1 aromatic carbocycles. The number of carbonyl (C=O) groups is 1. The number of aliphatic hydroxyl groups excluding tert-OH is 3. The van der Waals surface area contributed by atoms with Crippen molar-refractivity contribution in [1.82, 2.24) is 0 Å². The molecule has 0 radical (unpaired) electrons. The van der Waals surface area contributed by atoms with E-state index in [0.717, 1.165) is 19.3 Å². The lowest BCUT2D eigenvalue weighted by molar-refractivity contribution is -0.147. The smallest absolute Gasteiger partial charge is 0.306 e. The van der Waals surface area contributed by atoms with Crippen LogP contribution in [-0.2, 0) is 16.0 Å². The molecule has 1 aliphatic carbocycles. The van der Waals surface area contributed by atoms with E-state index in [1.165, 1.54) is 5.56 Å². The summed E-state index contributed by atoms with van der Waals surface area (Å²) in [7, 11) is 0. The van der Waals surface area contributed by atoms with Crippen LogP contribution in [0.4, 0.5) is 0 Å². The predicted molar refractivity (Wildman–Crippen MR) is 122 cm³/mol. The van der Waals surface area contributed by atoms with Crippen molar-refractivity contribution >= 4 is 5.97 Å². The van der Waals surface area contributed by atoms with Crippen molar-refractivity contribution < 1.29 is 24.9 Å². The van der Waals surface area contributed by atoms with Gasteiger partial charge in [-0.25, -0.2) is 0 Å². The Bertz CT molecular complexity index is 697. The molecule has 2 rings (SSSR count). The SMILES string of the molecule is CC(C)OC(=O)CCC/C=C\C[C@@H]1[C@@H](C=C[C@@H](O)CCc2ccccc2)[C@H](O)C[C@@H]1O. The zero-order valence-corrected chi connectivity index (χ0v) is 18.8. The number of esters is 1. The van der Waals surface area contributed by atoms with E-state index >= 15 is 0 Å². The van der Waals surface area contributed by atoms with Crippen molar-refractivity contribution in [3.63, 3.8) is 0 Å². The molecule has 0 unspecified atom stereocenters. The minimum absolute atomic E-state index is 0.0743. The number of aliphatic hydroxyl groups is 3. The van der Waals surface area contributed by atoms with E-state index in [-0.39, 0.29) is 23.9 Å². The van der Waals surface area contributed by atoms with E-state index in [4.69, 9.17) is 4.74 Å².